The second-order valence-corrected chi connectivity index (χ2v) is 8.12. The van der Waals surface area contributed by atoms with Crippen LogP contribution >= 0.6 is 0 Å². The van der Waals surface area contributed by atoms with E-state index in [4.69, 9.17) is 9.47 Å². The second-order valence-electron chi connectivity index (χ2n) is 8.12. The first-order valence-corrected chi connectivity index (χ1v) is 10.4. The van der Waals surface area contributed by atoms with Gasteiger partial charge in [-0.3, -0.25) is 14.4 Å². The molecule has 28 heavy (non-hydrogen) atoms. The molecule has 152 valence electrons. The van der Waals surface area contributed by atoms with E-state index >= 15 is 0 Å². The molecular formula is C23H30O5. The van der Waals surface area contributed by atoms with E-state index in [9.17, 15) is 14.4 Å². The fourth-order valence-corrected chi connectivity index (χ4v) is 4.51. The van der Waals surface area contributed by atoms with Crippen molar-refractivity contribution in [2.45, 2.75) is 71.3 Å². The molecule has 0 spiro atoms. The van der Waals surface area contributed by atoms with Gasteiger partial charge in [-0.15, -0.1) is 0 Å². The number of esters is 1. The first-order chi connectivity index (χ1) is 13.4. The summed E-state index contributed by atoms with van der Waals surface area (Å²) in [5, 5.41) is 0. The molecule has 2 heterocycles. The van der Waals surface area contributed by atoms with Crippen LogP contribution < -0.4 is 0 Å². The van der Waals surface area contributed by atoms with Gasteiger partial charge >= 0.3 is 5.97 Å². The number of ether oxygens (including phenoxy) is 2. The molecule has 0 N–H and O–H groups in total. The lowest BCUT2D eigenvalue weighted by molar-refractivity contribution is -0.157. The lowest BCUT2D eigenvalue weighted by atomic mass is 9.67. The van der Waals surface area contributed by atoms with Gasteiger partial charge in [0.2, 0.25) is 5.78 Å². The highest BCUT2D eigenvalue weighted by Crippen LogP contribution is 2.48. The lowest BCUT2D eigenvalue weighted by Crippen LogP contribution is -2.48. The smallest absolute Gasteiger partial charge is 0.317 e. The number of allylic oxidation sites excluding steroid dienone is 4. The van der Waals surface area contributed by atoms with Gasteiger partial charge in [-0.2, -0.15) is 0 Å². The summed E-state index contributed by atoms with van der Waals surface area (Å²) >= 11 is 0. The SMILES string of the molecule is C/C=C/C1=CC2=C(CO1)C(=O)[C@]1(C)OC(=O)[C@H](C(=O)CCCCCCC)[C@H]1C2. The standard InChI is InChI=1S/C23H30O5/c1-4-6-7-8-9-11-19(24)20-18-13-15-12-16(10-5-2)27-14-17(15)21(25)23(18,3)28-22(20)26/h5,10,12,18,20H,4,6-9,11,13-14H2,1-3H3/b10-5+/t18-,20+,23-/m1/s1. The van der Waals surface area contributed by atoms with Crippen molar-refractivity contribution < 1.29 is 23.9 Å². The Balaban J connectivity index is 1.78. The van der Waals surface area contributed by atoms with Gasteiger partial charge in [-0.05, 0) is 44.4 Å². The third-order valence-corrected chi connectivity index (χ3v) is 6.13. The van der Waals surface area contributed by atoms with Gasteiger partial charge in [0.15, 0.2) is 5.60 Å². The molecule has 0 aromatic rings. The van der Waals surface area contributed by atoms with Crippen LogP contribution in [0.1, 0.15) is 65.7 Å². The minimum Gasteiger partial charge on any atom is -0.489 e. The number of fused-ring (bicyclic) bond motifs is 1. The summed E-state index contributed by atoms with van der Waals surface area (Å²) in [6.45, 7) is 5.88. The summed E-state index contributed by atoms with van der Waals surface area (Å²) in [6.07, 6.45) is 11.6. The van der Waals surface area contributed by atoms with Crippen LogP contribution in [0.5, 0.6) is 0 Å². The molecule has 0 bridgehead atoms. The molecule has 3 atom stereocenters. The van der Waals surface area contributed by atoms with Gasteiger partial charge in [0.25, 0.3) is 0 Å². The monoisotopic (exact) mass is 386 g/mol. The van der Waals surface area contributed by atoms with Crippen LogP contribution in [0.2, 0.25) is 0 Å². The molecule has 2 aliphatic heterocycles. The van der Waals surface area contributed by atoms with Gasteiger partial charge in [-0.1, -0.05) is 38.7 Å². The zero-order valence-corrected chi connectivity index (χ0v) is 17.1. The van der Waals surface area contributed by atoms with Crippen molar-refractivity contribution in [1.29, 1.82) is 0 Å². The third-order valence-electron chi connectivity index (χ3n) is 6.13. The maximum Gasteiger partial charge on any atom is 0.317 e. The predicted octanol–water partition coefficient (Wildman–Crippen LogP) is 4.22. The molecule has 3 rings (SSSR count). The molecule has 1 fully saturated rings. The van der Waals surface area contributed by atoms with Crippen LogP contribution in [0, 0.1) is 11.8 Å². The lowest BCUT2D eigenvalue weighted by Gasteiger charge is -2.37. The van der Waals surface area contributed by atoms with E-state index < -0.39 is 23.4 Å². The number of Topliss-reactive ketones (excluding diaryl/α,β-unsaturated/α-hetero) is 2. The first-order valence-electron chi connectivity index (χ1n) is 10.4. The van der Waals surface area contributed by atoms with E-state index in [-0.39, 0.29) is 18.2 Å². The van der Waals surface area contributed by atoms with Gasteiger partial charge in [-0.25, -0.2) is 0 Å². The van der Waals surface area contributed by atoms with Crippen molar-refractivity contribution in [3.05, 3.63) is 35.1 Å². The van der Waals surface area contributed by atoms with Crippen LogP contribution in [-0.2, 0) is 23.9 Å². The molecule has 0 unspecified atom stereocenters. The largest absolute Gasteiger partial charge is 0.489 e. The van der Waals surface area contributed by atoms with Crippen molar-refractivity contribution in [2.24, 2.45) is 11.8 Å². The topological polar surface area (TPSA) is 69.7 Å². The molecular weight excluding hydrogens is 356 g/mol. The first kappa shape index (κ1) is 20.6. The number of hydrogen-bond donors (Lipinski definition) is 0. The highest BCUT2D eigenvalue weighted by molar-refractivity contribution is 6.10. The molecule has 0 saturated carbocycles. The fourth-order valence-electron chi connectivity index (χ4n) is 4.51. The quantitative estimate of drug-likeness (QED) is 0.355. The third kappa shape index (κ3) is 3.71. The van der Waals surface area contributed by atoms with Crippen molar-refractivity contribution in [3.8, 4) is 0 Å². The Kier molecular flexibility index (Phi) is 6.21. The van der Waals surface area contributed by atoms with E-state index in [1.807, 2.05) is 25.2 Å². The average molecular weight is 386 g/mol. The normalized spacial score (nSPS) is 29.3. The van der Waals surface area contributed by atoms with E-state index in [0.29, 0.717) is 24.2 Å². The van der Waals surface area contributed by atoms with Crippen LogP contribution in [-0.4, -0.2) is 29.7 Å². The number of hydrogen-bond acceptors (Lipinski definition) is 5. The highest BCUT2D eigenvalue weighted by Gasteiger charge is 2.61. The molecule has 1 saturated heterocycles. The molecule has 1 aliphatic carbocycles. The average Bonchev–Trinajstić information content (AvgIpc) is 2.92. The Morgan fingerprint density at radius 3 is 2.71 bits per heavy atom. The summed E-state index contributed by atoms with van der Waals surface area (Å²) in [6, 6.07) is 0. The van der Waals surface area contributed by atoms with Crippen molar-refractivity contribution in [2.75, 3.05) is 6.61 Å². The second kappa shape index (κ2) is 8.46. The van der Waals surface area contributed by atoms with Crippen LogP contribution in [0.15, 0.2) is 35.1 Å². The summed E-state index contributed by atoms with van der Waals surface area (Å²) in [7, 11) is 0. The van der Waals surface area contributed by atoms with E-state index in [1.165, 1.54) is 0 Å². The number of ketones is 2. The van der Waals surface area contributed by atoms with E-state index in [1.54, 1.807) is 6.92 Å². The Labute approximate surface area is 166 Å². The summed E-state index contributed by atoms with van der Waals surface area (Å²) < 4.78 is 11.2. The molecule has 0 aromatic carbocycles. The van der Waals surface area contributed by atoms with Gasteiger partial charge in [0.1, 0.15) is 24.1 Å². The molecule has 0 radical (unpaired) electrons. The van der Waals surface area contributed by atoms with Gasteiger partial charge in [0, 0.05) is 17.9 Å². The maximum absolute atomic E-state index is 13.1. The predicted molar refractivity (Wildman–Crippen MR) is 105 cm³/mol. The minimum atomic E-state index is -1.26. The molecule has 5 heteroatoms. The molecule has 0 aromatic heterocycles. The van der Waals surface area contributed by atoms with E-state index in [2.05, 4.69) is 6.92 Å². The Morgan fingerprint density at radius 2 is 2.00 bits per heavy atom. The fraction of sp³-hybridized carbons (Fsp3) is 0.609. The molecule has 3 aliphatic rings. The van der Waals surface area contributed by atoms with Gasteiger partial charge in [0.05, 0.1) is 0 Å². The van der Waals surface area contributed by atoms with Crippen molar-refractivity contribution in [1.82, 2.24) is 0 Å². The maximum atomic E-state index is 13.1. The minimum absolute atomic E-state index is 0.0863. The highest BCUT2D eigenvalue weighted by atomic mass is 16.6. The number of carbonyl (C=O) groups is 3. The zero-order valence-electron chi connectivity index (χ0n) is 17.1. The van der Waals surface area contributed by atoms with Crippen LogP contribution in [0.25, 0.3) is 0 Å². The number of carbonyl (C=O) groups excluding carboxylic acids is 3. The van der Waals surface area contributed by atoms with Crippen LogP contribution in [0.3, 0.4) is 0 Å². The van der Waals surface area contributed by atoms with Crippen molar-refractivity contribution >= 4 is 17.5 Å². The Morgan fingerprint density at radius 1 is 1.25 bits per heavy atom. The Bertz CT molecular complexity index is 757. The summed E-state index contributed by atoms with van der Waals surface area (Å²) in [5.74, 6) is -1.43. The summed E-state index contributed by atoms with van der Waals surface area (Å²) in [4.78, 5) is 38.5. The number of unbranched alkanes of at least 4 members (excludes halogenated alkanes) is 4. The van der Waals surface area contributed by atoms with E-state index in [0.717, 1.165) is 37.7 Å². The van der Waals surface area contributed by atoms with Crippen LogP contribution in [0.4, 0.5) is 0 Å². The molecule has 0 amide bonds. The number of rotatable bonds is 8. The van der Waals surface area contributed by atoms with Gasteiger partial charge < -0.3 is 9.47 Å². The molecule has 5 nitrogen and oxygen atoms in total. The van der Waals surface area contributed by atoms with Crippen molar-refractivity contribution in [3.63, 3.8) is 0 Å². The zero-order chi connectivity index (χ0) is 20.3. The Hall–Kier alpha value is -2.17. The summed E-state index contributed by atoms with van der Waals surface area (Å²) in [5.41, 5.74) is 0.173.